The van der Waals surface area contributed by atoms with E-state index in [1.54, 1.807) is 12.3 Å². The summed E-state index contributed by atoms with van der Waals surface area (Å²) in [6.07, 6.45) is 4.27. The number of hydrogen-bond acceptors (Lipinski definition) is 5. The van der Waals surface area contributed by atoms with Crippen molar-refractivity contribution >= 4 is 17.3 Å². The van der Waals surface area contributed by atoms with Crippen LogP contribution in [0.4, 0.5) is 11.4 Å². The van der Waals surface area contributed by atoms with E-state index >= 15 is 0 Å². The number of rotatable bonds is 8. The highest BCUT2D eigenvalue weighted by Crippen LogP contribution is 2.28. The first kappa shape index (κ1) is 17.2. The Labute approximate surface area is 145 Å². The summed E-state index contributed by atoms with van der Waals surface area (Å²) in [5.41, 5.74) is 1.26. The van der Waals surface area contributed by atoms with Gasteiger partial charge in [-0.3, -0.25) is 19.8 Å². The molecule has 1 N–H and O–H groups in total. The van der Waals surface area contributed by atoms with Gasteiger partial charge in [-0.25, -0.2) is 0 Å². The summed E-state index contributed by atoms with van der Waals surface area (Å²) >= 11 is 0. The molecule has 1 aliphatic carbocycles. The Hall–Kier alpha value is -2.67. The third kappa shape index (κ3) is 4.67. The maximum atomic E-state index is 12.3. The van der Waals surface area contributed by atoms with E-state index in [9.17, 15) is 14.9 Å². The number of aryl methyl sites for hydroxylation is 1. The number of hydrogen-bond donors (Lipinski definition) is 1. The second-order valence-electron chi connectivity index (χ2n) is 6.34. The molecule has 0 bridgehead atoms. The summed E-state index contributed by atoms with van der Waals surface area (Å²) in [6.45, 7) is 3.14. The number of nitrogens with one attached hydrogen (secondary N) is 1. The van der Waals surface area contributed by atoms with Crippen LogP contribution in [0.1, 0.15) is 30.6 Å². The van der Waals surface area contributed by atoms with Gasteiger partial charge in [0, 0.05) is 31.1 Å². The van der Waals surface area contributed by atoms with Crippen LogP contribution in [0.3, 0.4) is 0 Å². The topological polar surface area (TPSA) is 88.6 Å². The molecular weight excluding hydrogens is 322 g/mol. The third-order valence-electron chi connectivity index (χ3n) is 4.33. The van der Waals surface area contributed by atoms with Crippen LogP contribution in [0.25, 0.3) is 0 Å². The second-order valence-corrected chi connectivity index (χ2v) is 6.34. The van der Waals surface area contributed by atoms with Gasteiger partial charge in [-0.1, -0.05) is 6.07 Å². The van der Waals surface area contributed by atoms with Crippen LogP contribution in [-0.4, -0.2) is 28.3 Å². The Balaban J connectivity index is 1.56. The van der Waals surface area contributed by atoms with Crippen molar-refractivity contribution in [2.75, 3.05) is 11.9 Å². The lowest BCUT2D eigenvalue weighted by Gasteiger charge is -2.20. The molecule has 1 amide bonds. The molecule has 1 heterocycles. The molecular formula is C18H21N3O4. The molecule has 2 aromatic rings. The molecule has 3 rings (SSSR count). The van der Waals surface area contributed by atoms with Crippen LogP contribution < -0.4 is 5.32 Å². The molecule has 7 nitrogen and oxygen atoms in total. The third-order valence-corrected chi connectivity index (χ3v) is 4.33. The molecule has 0 spiro atoms. The van der Waals surface area contributed by atoms with Gasteiger partial charge in [-0.2, -0.15) is 0 Å². The zero-order chi connectivity index (χ0) is 17.8. The van der Waals surface area contributed by atoms with Crippen molar-refractivity contribution in [1.29, 1.82) is 0 Å². The molecule has 0 atom stereocenters. The maximum Gasteiger partial charge on any atom is 0.271 e. The van der Waals surface area contributed by atoms with Crippen molar-refractivity contribution in [2.24, 2.45) is 0 Å². The Bertz CT molecular complexity index is 754. The van der Waals surface area contributed by atoms with Crippen LogP contribution in [0, 0.1) is 17.0 Å². The lowest BCUT2D eigenvalue weighted by atomic mass is 10.1. The number of anilines is 1. The number of furan rings is 1. The fourth-order valence-corrected chi connectivity index (χ4v) is 2.75. The second kappa shape index (κ2) is 7.48. The average molecular weight is 343 g/mol. The fourth-order valence-electron chi connectivity index (χ4n) is 2.75. The quantitative estimate of drug-likeness (QED) is 0.585. The van der Waals surface area contributed by atoms with E-state index in [4.69, 9.17) is 4.42 Å². The fraction of sp³-hybridized carbons (Fsp3) is 0.389. The summed E-state index contributed by atoms with van der Waals surface area (Å²) < 4.78 is 5.39. The first-order valence-electron chi connectivity index (χ1n) is 8.34. The van der Waals surface area contributed by atoms with E-state index in [1.807, 2.05) is 19.1 Å². The van der Waals surface area contributed by atoms with Crippen molar-refractivity contribution in [2.45, 2.75) is 38.8 Å². The van der Waals surface area contributed by atoms with E-state index in [0.717, 1.165) is 24.2 Å². The number of benzene rings is 1. The number of nitrogens with zero attached hydrogens (tertiary/aromatic N) is 2. The van der Waals surface area contributed by atoms with Gasteiger partial charge in [0.1, 0.15) is 5.76 Å². The van der Waals surface area contributed by atoms with Gasteiger partial charge in [0.15, 0.2) is 0 Å². The van der Waals surface area contributed by atoms with Gasteiger partial charge in [0.2, 0.25) is 5.91 Å². The lowest BCUT2D eigenvalue weighted by molar-refractivity contribution is -0.384. The number of carbonyl (C=O) groups excluding carboxylic acids is 1. The van der Waals surface area contributed by atoms with Gasteiger partial charge in [0.05, 0.1) is 23.4 Å². The first-order valence-corrected chi connectivity index (χ1v) is 8.34. The minimum Gasteiger partial charge on any atom is -0.468 e. The Morgan fingerprint density at radius 3 is 2.84 bits per heavy atom. The van der Waals surface area contributed by atoms with E-state index < -0.39 is 4.92 Å². The molecule has 0 saturated heterocycles. The van der Waals surface area contributed by atoms with E-state index in [-0.39, 0.29) is 11.6 Å². The summed E-state index contributed by atoms with van der Waals surface area (Å²) in [6, 6.07) is 8.77. The normalized spacial score (nSPS) is 13.8. The Morgan fingerprint density at radius 2 is 2.20 bits per heavy atom. The van der Waals surface area contributed by atoms with Crippen molar-refractivity contribution < 1.29 is 14.1 Å². The van der Waals surface area contributed by atoms with Crippen molar-refractivity contribution in [3.63, 3.8) is 0 Å². The number of nitro groups is 1. The Morgan fingerprint density at radius 1 is 1.40 bits per heavy atom. The molecule has 1 fully saturated rings. The van der Waals surface area contributed by atoms with Crippen molar-refractivity contribution in [3.8, 4) is 0 Å². The van der Waals surface area contributed by atoms with Crippen LogP contribution in [0.2, 0.25) is 0 Å². The molecule has 0 aliphatic heterocycles. The summed E-state index contributed by atoms with van der Waals surface area (Å²) in [5, 5.41) is 13.7. The van der Waals surface area contributed by atoms with Gasteiger partial charge in [-0.05, 0) is 37.5 Å². The lowest BCUT2D eigenvalue weighted by Crippen LogP contribution is -2.29. The van der Waals surface area contributed by atoms with Crippen molar-refractivity contribution in [1.82, 2.24) is 4.90 Å². The molecule has 1 aliphatic rings. The standard InChI is InChI=1S/C18H21N3O4/c1-13-4-5-15(21(23)24)11-17(13)19-18(22)8-9-20(14-6-7-14)12-16-3-2-10-25-16/h2-5,10-11,14H,6-9,12H2,1H3,(H,19,22). The van der Waals surface area contributed by atoms with E-state index in [2.05, 4.69) is 10.2 Å². The highest BCUT2D eigenvalue weighted by Gasteiger charge is 2.29. The average Bonchev–Trinajstić information content (AvgIpc) is 3.30. The molecule has 25 heavy (non-hydrogen) atoms. The van der Waals surface area contributed by atoms with Crippen LogP contribution >= 0.6 is 0 Å². The van der Waals surface area contributed by atoms with Crippen molar-refractivity contribution in [3.05, 3.63) is 58.0 Å². The van der Waals surface area contributed by atoms with Crippen LogP contribution in [0.5, 0.6) is 0 Å². The van der Waals surface area contributed by atoms with Gasteiger partial charge >= 0.3 is 0 Å². The predicted molar refractivity (Wildman–Crippen MR) is 93.2 cm³/mol. The molecule has 0 unspecified atom stereocenters. The number of carbonyl (C=O) groups is 1. The van der Waals surface area contributed by atoms with Crippen LogP contribution in [0.15, 0.2) is 41.0 Å². The first-order chi connectivity index (χ1) is 12.0. The monoisotopic (exact) mass is 343 g/mol. The molecule has 132 valence electrons. The SMILES string of the molecule is Cc1ccc([N+](=O)[O-])cc1NC(=O)CCN(Cc1ccco1)C1CC1. The molecule has 1 aromatic carbocycles. The Kier molecular flexibility index (Phi) is 5.14. The number of non-ortho nitro benzene ring substituents is 1. The summed E-state index contributed by atoms with van der Waals surface area (Å²) in [5.74, 6) is 0.746. The molecule has 1 aromatic heterocycles. The van der Waals surface area contributed by atoms with Gasteiger partial charge in [-0.15, -0.1) is 0 Å². The summed E-state index contributed by atoms with van der Waals surface area (Å²) in [4.78, 5) is 24.9. The minimum absolute atomic E-state index is 0.0293. The van der Waals surface area contributed by atoms with Crippen LogP contribution in [-0.2, 0) is 11.3 Å². The smallest absolute Gasteiger partial charge is 0.271 e. The van der Waals surface area contributed by atoms with E-state index in [1.165, 1.54) is 12.1 Å². The molecule has 7 heteroatoms. The zero-order valence-electron chi connectivity index (χ0n) is 14.1. The maximum absolute atomic E-state index is 12.3. The summed E-state index contributed by atoms with van der Waals surface area (Å²) in [7, 11) is 0. The number of amides is 1. The highest BCUT2D eigenvalue weighted by molar-refractivity contribution is 5.92. The van der Waals surface area contributed by atoms with Gasteiger partial charge < -0.3 is 9.73 Å². The number of nitro benzene ring substituents is 1. The molecule has 1 saturated carbocycles. The van der Waals surface area contributed by atoms with Gasteiger partial charge in [0.25, 0.3) is 5.69 Å². The minimum atomic E-state index is -0.465. The predicted octanol–water partition coefficient (Wildman–Crippen LogP) is 3.49. The highest BCUT2D eigenvalue weighted by atomic mass is 16.6. The van der Waals surface area contributed by atoms with E-state index in [0.29, 0.717) is 31.2 Å². The largest absolute Gasteiger partial charge is 0.468 e. The zero-order valence-corrected chi connectivity index (χ0v) is 14.1. The molecule has 0 radical (unpaired) electrons.